The number of ketones is 4. The number of nitrogens with zero attached hydrogens (tertiary/aromatic N) is 1. The van der Waals surface area contributed by atoms with Crippen LogP contribution in [-0.4, -0.2) is 179 Å². The molecule has 0 saturated carbocycles. The highest BCUT2D eigenvalue weighted by atomic mass is 16.5. The number of carboxylic acids is 4. The van der Waals surface area contributed by atoms with Gasteiger partial charge < -0.3 is 65.6 Å². The van der Waals surface area contributed by atoms with Crippen molar-refractivity contribution in [2.24, 2.45) is 11.8 Å². The highest BCUT2D eigenvalue weighted by Gasteiger charge is 2.27. The molecule has 26 nitrogen and oxygen atoms in total. The third-order valence-electron chi connectivity index (χ3n) is 14.9. The molecule has 0 unspecified atom stereocenters. The highest BCUT2D eigenvalue weighted by molar-refractivity contribution is 5.88. The second-order valence-corrected chi connectivity index (χ2v) is 22.5. The number of aliphatic carboxylic acids is 4. The summed E-state index contributed by atoms with van der Waals surface area (Å²) in [6, 6.07) is -2.78. The van der Waals surface area contributed by atoms with E-state index in [9.17, 15) is 72.9 Å². The third kappa shape index (κ3) is 48.4. The Hall–Kier alpha value is -6.51. The van der Waals surface area contributed by atoms with E-state index in [2.05, 4.69) is 31.2 Å². The van der Waals surface area contributed by atoms with E-state index in [4.69, 9.17) is 24.1 Å². The topological polar surface area (TPSA) is 399 Å². The van der Waals surface area contributed by atoms with Crippen LogP contribution in [0.5, 0.6) is 0 Å². The lowest BCUT2D eigenvalue weighted by atomic mass is 9.90. The maximum atomic E-state index is 12.8. The molecule has 0 aromatic carbocycles. The molecule has 0 aliphatic carbocycles. The van der Waals surface area contributed by atoms with Gasteiger partial charge in [-0.15, -0.1) is 0 Å². The molecule has 1 heterocycles. The van der Waals surface area contributed by atoms with Crippen LogP contribution < -0.4 is 21.3 Å². The number of imidazole rings is 1. The molecule has 0 radical (unpaired) electrons. The van der Waals surface area contributed by atoms with Gasteiger partial charge in [-0.25, -0.2) is 14.6 Å². The molecule has 9 N–H and O–H groups in total. The van der Waals surface area contributed by atoms with E-state index in [0.29, 0.717) is 64.3 Å². The van der Waals surface area contributed by atoms with Gasteiger partial charge in [0.1, 0.15) is 48.4 Å². The molecular weight excluding hydrogens is 1170 g/mol. The Labute approximate surface area is 531 Å². The summed E-state index contributed by atoms with van der Waals surface area (Å²) in [5.41, 5.74) is 0.902. The first kappa shape index (κ1) is 83.5. The largest absolute Gasteiger partial charge is 0.481 e. The van der Waals surface area contributed by atoms with Crippen molar-refractivity contribution in [3.05, 3.63) is 18.2 Å². The molecule has 0 aliphatic heterocycles. The maximum absolute atomic E-state index is 12.8. The van der Waals surface area contributed by atoms with Crippen LogP contribution in [0.3, 0.4) is 0 Å². The summed E-state index contributed by atoms with van der Waals surface area (Å²) in [5.74, 6) is -8.82. The van der Waals surface area contributed by atoms with Crippen LogP contribution in [0.1, 0.15) is 226 Å². The zero-order chi connectivity index (χ0) is 65.7. The number of aryl methyl sites for hydroxylation is 1. The number of Topliss-reactive ketones (excluding diaryl/α,β-unsaturated/α-hetero) is 4. The number of rotatable bonds is 63. The van der Waals surface area contributed by atoms with E-state index in [0.717, 1.165) is 69.9 Å². The fraction of sp³-hybridized carbons (Fsp3) is 0.766. The van der Waals surface area contributed by atoms with E-state index in [1.807, 2.05) is 6.92 Å². The van der Waals surface area contributed by atoms with Crippen LogP contribution in [0.2, 0.25) is 0 Å². The first-order valence-electron chi connectivity index (χ1n) is 32.2. The van der Waals surface area contributed by atoms with Crippen molar-refractivity contribution in [3.63, 3.8) is 0 Å². The number of carbonyl (C=O) groups excluding carboxylic acids is 8. The molecule has 0 bridgehead atoms. The number of unbranched alkanes of at least 4 members (excludes halogenated alkanes) is 14. The number of ether oxygens (including phenoxy) is 4. The van der Waals surface area contributed by atoms with Crippen LogP contribution in [0, 0.1) is 11.8 Å². The minimum atomic E-state index is -1.43. The summed E-state index contributed by atoms with van der Waals surface area (Å²) in [6.45, 7) is 3.13. The van der Waals surface area contributed by atoms with Crippen LogP contribution in [0.4, 0.5) is 0 Å². The van der Waals surface area contributed by atoms with Gasteiger partial charge in [0.05, 0.1) is 45.3 Å². The van der Waals surface area contributed by atoms with Gasteiger partial charge in [0.2, 0.25) is 23.6 Å². The molecule has 0 fully saturated rings. The quantitative estimate of drug-likeness (QED) is 0.0291. The lowest BCUT2D eigenvalue weighted by Gasteiger charge is -2.17. The predicted octanol–water partition coefficient (Wildman–Crippen LogP) is 7.21. The van der Waals surface area contributed by atoms with Crippen molar-refractivity contribution in [2.45, 2.75) is 238 Å². The fourth-order valence-corrected chi connectivity index (χ4v) is 9.62. The van der Waals surface area contributed by atoms with Gasteiger partial charge in [-0.1, -0.05) is 97.8 Å². The summed E-state index contributed by atoms with van der Waals surface area (Å²) < 4.78 is 21.5. The number of hydrogen-bond donors (Lipinski definition) is 9. The standard InChI is InChI=1S/C63H104N6O20.CH4/c1-2-55(73)47(24-27-51(71)28-26-49-43-64-46-67-49)20-17-18-34-65-58(76)44-89-41-39-87-37-35-66-59(77)45-88-40-38-86-36-19-21-50(70)29-31-53(62(82)83)69-57(75)33-25-48(61(80)81)42-52(72)30-32-54(63(84)85)68-56(74)22-15-13-11-9-7-5-3-4-6-8-10-12-14-16-23-60(78)79;/h43,46-48,53-54H,2-42,44-45H2,1H3,(H,64,67)(H,65,76)(H,66,77)(H,68,74)(H,69,75)(H,78,79)(H,80,81)(H,82,83)(H,84,85);1H4/t47-,48-,53+,54+;/m1./s1. The molecule has 514 valence electrons. The number of carbonyl (C=O) groups is 12. The van der Waals surface area contributed by atoms with E-state index in [1.165, 1.54) is 25.7 Å². The number of hydrogen-bond acceptors (Lipinski definition) is 17. The Bertz CT molecular complexity index is 2210. The Morgan fingerprint density at radius 2 is 0.922 bits per heavy atom. The van der Waals surface area contributed by atoms with Gasteiger partial charge in [-0.2, -0.15) is 0 Å². The molecule has 1 aromatic rings. The molecule has 4 atom stereocenters. The average Bonchev–Trinajstić information content (AvgIpc) is 3.87. The van der Waals surface area contributed by atoms with E-state index < -0.39 is 72.3 Å². The summed E-state index contributed by atoms with van der Waals surface area (Å²) in [7, 11) is 0. The number of H-pyrrole nitrogens is 1. The fourth-order valence-electron chi connectivity index (χ4n) is 9.62. The van der Waals surface area contributed by atoms with Gasteiger partial charge in [-0.05, 0) is 64.2 Å². The summed E-state index contributed by atoms with van der Waals surface area (Å²) in [6.07, 6.45) is 20.4. The lowest BCUT2D eigenvalue weighted by molar-refractivity contribution is -0.145. The van der Waals surface area contributed by atoms with E-state index in [1.54, 1.807) is 12.5 Å². The predicted molar refractivity (Wildman–Crippen MR) is 333 cm³/mol. The zero-order valence-corrected chi connectivity index (χ0v) is 52.6. The first-order valence-corrected chi connectivity index (χ1v) is 32.2. The minimum Gasteiger partial charge on any atom is -0.481 e. The maximum Gasteiger partial charge on any atom is 0.326 e. The second kappa shape index (κ2) is 55.3. The van der Waals surface area contributed by atoms with Crippen molar-refractivity contribution in [1.82, 2.24) is 31.2 Å². The smallest absolute Gasteiger partial charge is 0.326 e. The number of aromatic nitrogens is 2. The Kier molecular flexibility index (Phi) is 51.3. The van der Waals surface area contributed by atoms with Crippen LogP contribution in [0.15, 0.2) is 12.5 Å². The molecule has 0 spiro atoms. The van der Waals surface area contributed by atoms with E-state index >= 15 is 0 Å². The van der Waals surface area contributed by atoms with Gasteiger partial charge in [-0.3, -0.25) is 47.9 Å². The van der Waals surface area contributed by atoms with Crippen molar-refractivity contribution < 1.29 is 96.9 Å². The van der Waals surface area contributed by atoms with Gasteiger partial charge in [0, 0.05) is 102 Å². The first-order chi connectivity index (χ1) is 42.8. The van der Waals surface area contributed by atoms with Crippen LogP contribution >= 0.6 is 0 Å². The Balaban J connectivity index is 0.0000792. The number of nitrogens with one attached hydrogen (secondary N) is 5. The van der Waals surface area contributed by atoms with Crippen molar-refractivity contribution in [2.75, 3.05) is 65.9 Å². The summed E-state index contributed by atoms with van der Waals surface area (Å²) >= 11 is 0. The Morgan fingerprint density at radius 3 is 1.44 bits per heavy atom. The number of carboxylic acid groups (broad SMARTS) is 4. The lowest BCUT2D eigenvalue weighted by Crippen LogP contribution is -2.41. The van der Waals surface area contributed by atoms with Gasteiger partial charge in [0.25, 0.3) is 0 Å². The van der Waals surface area contributed by atoms with Crippen molar-refractivity contribution in [3.8, 4) is 0 Å². The normalized spacial score (nSPS) is 12.4. The zero-order valence-electron chi connectivity index (χ0n) is 52.6. The van der Waals surface area contributed by atoms with Crippen molar-refractivity contribution >= 4 is 70.6 Å². The molecule has 1 aromatic heterocycles. The molecule has 1 rings (SSSR count). The van der Waals surface area contributed by atoms with Gasteiger partial charge >= 0.3 is 23.9 Å². The number of aromatic amines is 1. The molecule has 26 heteroatoms. The van der Waals surface area contributed by atoms with E-state index in [-0.39, 0.29) is 153 Å². The van der Waals surface area contributed by atoms with Crippen molar-refractivity contribution in [1.29, 1.82) is 0 Å². The minimum absolute atomic E-state index is 0. The SMILES string of the molecule is C.CCC(=O)[C@H](CCCCNC(=O)COCCOCCNC(=O)COCCOCCCC(=O)CC[C@H](NC(=O)CC[C@H](CC(=O)CC[C@H](NC(=O)CCCCCCCCCCCCCCCCC(=O)O)C(=O)O)C(=O)O)C(=O)O)CCC(=O)CCc1cnc[nH]1. The Morgan fingerprint density at radius 1 is 0.444 bits per heavy atom. The summed E-state index contributed by atoms with van der Waals surface area (Å²) in [5, 5.41) is 47.9. The molecule has 4 amide bonds. The second-order valence-electron chi connectivity index (χ2n) is 22.5. The highest BCUT2D eigenvalue weighted by Crippen LogP contribution is 2.20. The van der Waals surface area contributed by atoms with Crippen LogP contribution in [-0.2, 0) is 82.9 Å². The average molecular weight is 1280 g/mol. The molecule has 0 saturated heterocycles. The molecule has 90 heavy (non-hydrogen) atoms. The third-order valence-corrected chi connectivity index (χ3v) is 14.9. The summed E-state index contributed by atoms with van der Waals surface area (Å²) in [4.78, 5) is 153. The number of amides is 4. The molecule has 0 aliphatic rings. The molecular formula is C64H108N6O20. The monoisotopic (exact) mass is 1280 g/mol. The van der Waals surface area contributed by atoms with Gasteiger partial charge in [0.15, 0.2) is 0 Å². The van der Waals surface area contributed by atoms with Crippen LogP contribution in [0.25, 0.3) is 0 Å².